The van der Waals surface area contributed by atoms with E-state index in [9.17, 15) is 9.59 Å². The van der Waals surface area contributed by atoms with Gasteiger partial charge in [0.05, 0.1) is 0 Å². The lowest BCUT2D eigenvalue weighted by Crippen LogP contribution is -2.40. The SMILES string of the molecule is CC(C)NC(=O)N(C)c1ccc(OCC(=O)NCc2cccc(Cl)c2)cc1. The molecule has 7 heteroatoms. The molecule has 2 aromatic rings. The summed E-state index contributed by atoms with van der Waals surface area (Å²) in [6.07, 6.45) is 0. The van der Waals surface area contributed by atoms with Crippen molar-refractivity contribution in [1.82, 2.24) is 10.6 Å². The van der Waals surface area contributed by atoms with E-state index >= 15 is 0 Å². The fourth-order valence-corrected chi connectivity index (χ4v) is 2.49. The molecule has 0 radical (unpaired) electrons. The summed E-state index contributed by atoms with van der Waals surface area (Å²) in [5.74, 6) is 0.321. The molecule has 144 valence electrons. The molecule has 0 aliphatic heterocycles. The summed E-state index contributed by atoms with van der Waals surface area (Å²) in [7, 11) is 1.69. The summed E-state index contributed by atoms with van der Waals surface area (Å²) >= 11 is 5.91. The topological polar surface area (TPSA) is 70.7 Å². The van der Waals surface area contributed by atoms with Crippen LogP contribution in [0.3, 0.4) is 0 Å². The number of anilines is 1. The minimum atomic E-state index is -0.229. The van der Waals surface area contributed by atoms with Gasteiger partial charge in [-0.2, -0.15) is 0 Å². The molecule has 0 atom stereocenters. The number of carbonyl (C=O) groups is 2. The minimum absolute atomic E-state index is 0.0629. The molecule has 0 heterocycles. The summed E-state index contributed by atoms with van der Waals surface area (Å²) in [5, 5.41) is 6.23. The van der Waals surface area contributed by atoms with Crippen LogP contribution in [0, 0.1) is 0 Å². The summed E-state index contributed by atoms with van der Waals surface area (Å²) in [6, 6.07) is 14.1. The molecule has 0 aliphatic rings. The number of carbonyl (C=O) groups excluding carboxylic acids is 2. The van der Waals surface area contributed by atoms with Gasteiger partial charge in [0.1, 0.15) is 5.75 Å². The lowest BCUT2D eigenvalue weighted by atomic mass is 10.2. The first kappa shape index (κ1) is 20.6. The quantitative estimate of drug-likeness (QED) is 0.760. The minimum Gasteiger partial charge on any atom is -0.484 e. The van der Waals surface area contributed by atoms with Crippen LogP contribution in [0.1, 0.15) is 19.4 Å². The van der Waals surface area contributed by atoms with Crippen LogP contribution in [-0.4, -0.2) is 31.6 Å². The van der Waals surface area contributed by atoms with Crippen molar-refractivity contribution in [2.24, 2.45) is 0 Å². The molecular weight excluding hydrogens is 366 g/mol. The number of urea groups is 1. The van der Waals surface area contributed by atoms with Gasteiger partial charge in [-0.15, -0.1) is 0 Å². The van der Waals surface area contributed by atoms with Crippen LogP contribution >= 0.6 is 11.6 Å². The maximum absolute atomic E-state index is 12.0. The molecule has 2 aromatic carbocycles. The first-order chi connectivity index (χ1) is 12.8. The average molecular weight is 390 g/mol. The highest BCUT2D eigenvalue weighted by atomic mass is 35.5. The Morgan fingerprint density at radius 3 is 2.48 bits per heavy atom. The first-order valence-corrected chi connectivity index (χ1v) is 9.01. The van der Waals surface area contributed by atoms with Crippen molar-refractivity contribution in [2.75, 3.05) is 18.6 Å². The van der Waals surface area contributed by atoms with Crippen molar-refractivity contribution in [3.05, 3.63) is 59.1 Å². The van der Waals surface area contributed by atoms with Crippen LogP contribution in [0.2, 0.25) is 5.02 Å². The normalized spacial score (nSPS) is 10.4. The third kappa shape index (κ3) is 6.83. The van der Waals surface area contributed by atoms with Gasteiger partial charge >= 0.3 is 6.03 Å². The Morgan fingerprint density at radius 2 is 1.85 bits per heavy atom. The van der Waals surface area contributed by atoms with Gasteiger partial charge in [0.15, 0.2) is 6.61 Å². The summed E-state index contributed by atoms with van der Waals surface area (Å²) in [5.41, 5.74) is 1.65. The van der Waals surface area contributed by atoms with Crippen molar-refractivity contribution >= 4 is 29.2 Å². The average Bonchev–Trinajstić information content (AvgIpc) is 2.64. The van der Waals surface area contributed by atoms with E-state index < -0.39 is 0 Å². The smallest absolute Gasteiger partial charge is 0.321 e. The lowest BCUT2D eigenvalue weighted by molar-refractivity contribution is -0.123. The summed E-state index contributed by atoms with van der Waals surface area (Å²) in [6.45, 7) is 4.10. The fraction of sp³-hybridized carbons (Fsp3) is 0.300. The molecule has 2 rings (SSSR count). The molecule has 2 N–H and O–H groups in total. The second-order valence-corrected chi connectivity index (χ2v) is 6.79. The monoisotopic (exact) mass is 389 g/mol. The van der Waals surface area contributed by atoms with Crippen LogP contribution in [0.15, 0.2) is 48.5 Å². The number of nitrogens with one attached hydrogen (secondary N) is 2. The predicted octanol–water partition coefficient (Wildman–Crippen LogP) is 3.59. The molecule has 6 nitrogen and oxygen atoms in total. The van der Waals surface area contributed by atoms with E-state index in [1.807, 2.05) is 26.0 Å². The number of benzene rings is 2. The maximum Gasteiger partial charge on any atom is 0.321 e. The number of nitrogens with zero attached hydrogens (tertiary/aromatic N) is 1. The fourth-order valence-electron chi connectivity index (χ4n) is 2.27. The Kier molecular flexibility index (Phi) is 7.49. The van der Waals surface area contributed by atoms with Crippen molar-refractivity contribution in [2.45, 2.75) is 26.4 Å². The summed E-state index contributed by atoms with van der Waals surface area (Å²) < 4.78 is 5.48. The predicted molar refractivity (Wildman–Crippen MR) is 107 cm³/mol. The molecule has 0 saturated heterocycles. The van der Waals surface area contributed by atoms with Crippen LogP contribution in [-0.2, 0) is 11.3 Å². The van der Waals surface area contributed by atoms with Gasteiger partial charge in [0.2, 0.25) is 0 Å². The summed E-state index contributed by atoms with van der Waals surface area (Å²) in [4.78, 5) is 25.4. The third-order valence-electron chi connectivity index (χ3n) is 3.69. The molecule has 0 aromatic heterocycles. The highest BCUT2D eigenvalue weighted by Gasteiger charge is 2.11. The van der Waals surface area contributed by atoms with E-state index in [2.05, 4.69) is 10.6 Å². The van der Waals surface area contributed by atoms with Gasteiger partial charge in [-0.25, -0.2) is 4.79 Å². The molecule has 0 saturated carbocycles. The van der Waals surface area contributed by atoms with Crippen molar-refractivity contribution in [1.29, 1.82) is 0 Å². The van der Waals surface area contributed by atoms with Crippen LogP contribution in [0.25, 0.3) is 0 Å². The van der Waals surface area contributed by atoms with Crippen LogP contribution in [0.5, 0.6) is 5.75 Å². The van der Waals surface area contributed by atoms with Gasteiger partial charge in [0.25, 0.3) is 5.91 Å². The van der Waals surface area contributed by atoms with E-state index in [0.29, 0.717) is 17.3 Å². The van der Waals surface area contributed by atoms with Gasteiger partial charge in [0, 0.05) is 30.3 Å². The van der Waals surface area contributed by atoms with Crippen LogP contribution in [0.4, 0.5) is 10.5 Å². The Labute approximate surface area is 164 Å². The molecule has 0 spiro atoms. The third-order valence-corrected chi connectivity index (χ3v) is 3.92. The zero-order chi connectivity index (χ0) is 19.8. The Hall–Kier alpha value is -2.73. The maximum atomic E-state index is 12.0. The number of hydrogen-bond acceptors (Lipinski definition) is 3. The van der Waals surface area contributed by atoms with E-state index in [4.69, 9.17) is 16.3 Å². The standard InChI is InChI=1S/C20H24ClN3O3/c1-14(2)23-20(26)24(3)17-7-9-18(10-8-17)27-13-19(25)22-12-15-5-4-6-16(21)11-15/h4-11,14H,12-13H2,1-3H3,(H,22,25)(H,23,26). The Balaban J connectivity index is 1.80. The Bertz CT molecular complexity index is 778. The highest BCUT2D eigenvalue weighted by molar-refractivity contribution is 6.30. The molecule has 0 aliphatic carbocycles. The first-order valence-electron chi connectivity index (χ1n) is 8.63. The van der Waals surface area contributed by atoms with Crippen molar-refractivity contribution in [3.8, 4) is 5.75 Å². The van der Waals surface area contributed by atoms with E-state index in [0.717, 1.165) is 11.3 Å². The zero-order valence-electron chi connectivity index (χ0n) is 15.7. The number of rotatable bonds is 7. The molecule has 3 amide bonds. The van der Waals surface area contributed by atoms with Crippen molar-refractivity contribution < 1.29 is 14.3 Å². The molecule has 0 bridgehead atoms. The van der Waals surface area contributed by atoms with Gasteiger partial charge in [-0.05, 0) is 55.8 Å². The second kappa shape index (κ2) is 9.83. The van der Waals surface area contributed by atoms with Crippen molar-refractivity contribution in [3.63, 3.8) is 0 Å². The molecule has 0 fully saturated rings. The van der Waals surface area contributed by atoms with Gasteiger partial charge in [-0.3, -0.25) is 9.69 Å². The van der Waals surface area contributed by atoms with Crippen LogP contribution < -0.4 is 20.3 Å². The number of ether oxygens (including phenoxy) is 1. The van der Waals surface area contributed by atoms with E-state index in [-0.39, 0.29) is 24.6 Å². The Morgan fingerprint density at radius 1 is 1.15 bits per heavy atom. The van der Waals surface area contributed by atoms with E-state index in [1.165, 1.54) is 4.90 Å². The molecule has 27 heavy (non-hydrogen) atoms. The van der Waals surface area contributed by atoms with Gasteiger partial charge in [-0.1, -0.05) is 23.7 Å². The zero-order valence-corrected chi connectivity index (χ0v) is 16.4. The van der Waals surface area contributed by atoms with E-state index in [1.54, 1.807) is 43.4 Å². The lowest BCUT2D eigenvalue weighted by Gasteiger charge is -2.20. The number of amides is 3. The van der Waals surface area contributed by atoms with Gasteiger partial charge < -0.3 is 15.4 Å². The molecular formula is C20H24ClN3O3. The number of halogens is 1. The molecule has 0 unspecified atom stereocenters. The second-order valence-electron chi connectivity index (χ2n) is 6.35. The highest BCUT2D eigenvalue weighted by Crippen LogP contribution is 2.18. The number of hydrogen-bond donors (Lipinski definition) is 2. The largest absolute Gasteiger partial charge is 0.484 e.